The Hall–Kier alpha value is -2.92. The Bertz CT molecular complexity index is 777. The highest BCUT2D eigenvalue weighted by atomic mass is 19.1. The van der Waals surface area contributed by atoms with Crippen LogP contribution in [0.3, 0.4) is 0 Å². The van der Waals surface area contributed by atoms with Crippen molar-refractivity contribution < 1.29 is 23.7 Å². The van der Waals surface area contributed by atoms with Crippen LogP contribution in [-0.2, 0) is 10.2 Å². The summed E-state index contributed by atoms with van der Waals surface area (Å²) in [4.78, 5) is 12.7. The van der Waals surface area contributed by atoms with Crippen LogP contribution in [0.25, 0.3) is 0 Å². The second-order valence-electron chi connectivity index (χ2n) is 5.69. The van der Waals surface area contributed by atoms with Gasteiger partial charge in [0.2, 0.25) is 0 Å². The van der Waals surface area contributed by atoms with Crippen LogP contribution >= 0.6 is 0 Å². The standard InChI is InChI=1S/C20H14F3NO/c21-16-7-1-13(2-8-16)20(19(24)25,14-3-9-17(22)10-4-14)15-5-11-18(23)12-6-15/h1-12H,(H2,24,25)/p+1. The Morgan fingerprint density at radius 3 is 1.04 bits per heavy atom. The molecule has 0 aliphatic heterocycles. The van der Waals surface area contributed by atoms with Crippen LogP contribution in [0.1, 0.15) is 16.7 Å². The zero-order valence-electron chi connectivity index (χ0n) is 13.2. The molecule has 0 unspecified atom stereocenters. The highest BCUT2D eigenvalue weighted by Gasteiger charge is 2.45. The molecule has 2 nitrogen and oxygen atoms in total. The van der Waals surface area contributed by atoms with Crippen molar-refractivity contribution in [2.45, 2.75) is 5.41 Å². The van der Waals surface area contributed by atoms with Crippen molar-refractivity contribution in [3.63, 3.8) is 0 Å². The molecule has 0 atom stereocenters. The minimum absolute atomic E-state index is 0.452. The lowest BCUT2D eigenvalue weighted by Gasteiger charge is -2.30. The molecule has 0 aliphatic rings. The van der Waals surface area contributed by atoms with Crippen LogP contribution < -0.4 is 5.73 Å². The average molecular weight is 342 g/mol. The monoisotopic (exact) mass is 342 g/mol. The van der Waals surface area contributed by atoms with Crippen molar-refractivity contribution in [3.05, 3.63) is 107 Å². The Morgan fingerprint density at radius 2 is 0.840 bits per heavy atom. The van der Waals surface area contributed by atoms with E-state index in [-0.39, 0.29) is 0 Å². The maximum Gasteiger partial charge on any atom is 0.328 e. The first-order valence-corrected chi connectivity index (χ1v) is 7.59. The van der Waals surface area contributed by atoms with Crippen molar-refractivity contribution in [1.29, 1.82) is 0 Å². The number of amides is 1. The zero-order valence-corrected chi connectivity index (χ0v) is 13.2. The summed E-state index contributed by atoms with van der Waals surface area (Å²) < 4.78 is 40.2. The van der Waals surface area contributed by atoms with E-state index in [4.69, 9.17) is 0 Å². The number of rotatable bonds is 4. The predicted molar refractivity (Wildman–Crippen MR) is 87.0 cm³/mol. The molecule has 0 aromatic heterocycles. The van der Waals surface area contributed by atoms with Crippen LogP contribution in [-0.4, -0.2) is 5.91 Å². The minimum Gasteiger partial charge on any atom is -0.293 e. The molecule has 3 rings (SSSR count). The summed E-state index contributed by atoms with van der Waals surface area (Å²) in [6.07, 6.45) is 0. The fourth-order valence-electron chi connectivity index (χ4n) is 3.08. The Balaban J connectivity index is 2.35. The van der Waals surface area contributed by atoms with Crippen molar-refractivity contribution in [3.8, 4) is 0 Å². The van der Waals surface area contributed by atoms with E-state index < -0.39 is 28.8 Å². The van der Waals surface area contributed by atoms with Gasteiger partial charge in [-0.3, -0.25) is 5.73 Å². The molecule has 3 N–H and O–H groups in total. The van der Waals surface area contributed by atoms with E-state index in [0.717, 1.165) is 0 Å². The van der Waals surface area contributed by atoms with E-state index in [1.807, 2.05) is 0 Å². The van der Waals surface area contributed by atoms with Gasteiger partial charge in [0.05, 0.1) is 0 Å². The van der Waals surface area contributed by atoms with E-state index in [9.17, 15) is 18.0 Å². The molecule has 0 bridgehead atoms. The number of carbonyl (C=O) groups excluding carboxylic acids is 1. The lowest BCUT2D eigenvalue weighted by atomic mass is 9.69. The molecule has 3 aromatic rings. The predicted octanol–water partition coefficient (Wildman–Crippen LogP) is 3.21. The Morgan fingerprint density at radius 1 is 0.600 bits per heavy atom. The first-order chi connectivity index (χ1) is 11.9. The molecular weight excluding hydrogens is 327 g/mol. The van der Waals surface area contributed by atoms with Gasteiger partial charge in [-0.1, -0.05) is 36.4 Å². The third-order valence-corrected chi connectivity index (χ3v) is 4.25. The van der Waals surface area contributed by atoms with E-state index in [0.29, 0.717) is 16.7 Å². The molecule has 0 fully saturated rings. The molecule has 5 heteroatoms. The first-order valence-electron chi connectivity index (χ1n) is 7.59. The molecule has 3 aromatic carbocycles. The molecule has 0 heterocycles. The number of halogens is 3. The number of hydrogen-bond donors (Lipinski definition) is 1. The van der Waals surface area contributed by atoms with Gasteiger partial charge in [-0.15, -0.1) is 0 Å². The van der Waals surface area contributed by atoms with Gasteiger partial charge in [-0.2, -0.15) is 0 Å². The molecule has 0 saturated heterocycles. The smallest absolute Gasteiger partial charge is 0.293 e. The highest BCUT2D eigenvalue weighted by Crippen LogP contribution is 2.39. The molecule has 0 saturated carbocycles. The fraction of sp³-hybridized carbons (Fsp3) is 0.0500. The topological polar surface area (TPSA) is 44.7 Å². The summed E-state index contributed by atoms with van der Waals surface area (Å²) in [6.45, 7) is 0. The van der Waals surface area contributed by atoms with E-state index in [1.54, 1.807) is 0 Å². The fourth-order valence-corrected chi connectivity index (χ4v) is 3.08. The largest absolute Gasteiger partial charge is 0.328 e. The van der Waals surface area contributed by atoms with E-state index in [1.165, 1.54) is 72.8 Å². The van der Waals surface area contributed by atoms with Gasteiger partial charge in [0, 0.05) is 0 Å². The second kappa shape index (κ2) is 6.53. The molecule has 25 heavy (non-hydrogen) atoms. The summed E-state index contributed by atoms with van der Waals surface area (Å²) >= 11 is 0. The van der Waals surface area contributed by atoms with Crippen LogP contribution in [0.15, 0.2) is 72.8 Å². The molecule has 0 aliphatic carbocycles. The molecule has 0 radical (unpaired) electrons. The Kier molecular flexibility index (Phi) is 4.42. The number of hydrogen-bond acceptors (Lipinski definition) is 1. The minimum atomic E-state index is -1.39. The van der Waals surface area contributed by atoms with Gasteiger partial charge >= 0.3 is 5.91 Å². The number of benzene rings is 3. The SMILES string of the molecule is [NH3+]C(=O)C(c1ccc(F)cc1)(c1ccc(F)cc1)c1ccc(F)cc1. The van der Waals surface area contributed by atoms with Gasteiger partial charge in [-0.25, -0.2) is 18.0 Å². The van der Waals surface area contributed by atoms with Crippen molar-refractivity contribution in [2.24, 2.45) is 0 Å². The van der Waals surface area contributed by atoms with Gasteiger partial charge in [0.15, 0.2) is 5.41 Å². The first kappa shape index (κ1) is 16.9. The van der Waals surface area contributed by atoms with Crippen molar-refractivity contribution in [1.82, 2.24) is 0 Å². The van der Waals surface area contributed by atoms with Gasteiger partial charge in [0.25, 0.3) is 0 Å². The Labute approximate surface area is 142 Å². The van der Waals surface area contributed by atoms with Crippen LogP contribution in [0.2, 0.25) is 0 Å². The molecular formula is C20H15F3NO+. The summed E-state index contributed by atoms with van der Waals surface area (Å²) in [5.41, 5.74) is 3.59. The number of quaternary nitrogens is 1. The van der Waals surface area contributed by atoms with Crippen LogP contribution in [0, 0.1) is 17.5 Å². The van der Waals surface area contributed by atoms with Gasteiger partial charge < -0.3 is 0 Å². The zero-order chi connectivity index (χ0) is 18.0. The van der Waals surface area contributed by atoms with Gasteiger partial charge in [-0.05, 0) is 53.1 Å². The number of carbonyl (C=O) groups is 1. The highest BCUT2D eigenvalue weighted by molar-refractivity contribution is 5.89. The van der Waals surface area contributed by atoms with E-state index >= 15 is 0 Å². The summed E-state index contributed by atoms with van der Waals surface area (Å²) in [6, 6.07) is 16.3. The van der Waals surface area contributed by atoms with Crippen LogP contribution in [0.4, 0.5) is 13.2 Å². The second-order valence-corrected chi connectivity index (χ2v) is 5.69. The van der Waals surface area contributed by atoms with Gasteiger partial charge in [0.1, 0.15) is 17.5 Å². The molecule has 1 amide bonds. The summed E-state index contributed by atoms with van der Waals surface area (Å²) in [5.74, 6) is -1.84. The average Bonchev–Trinajstić information content (AvgIpc) is 2.60. The van der Waals surface area contributed by atoms with Crippen molar-refractivity contribution >= 4 is 5.91 Å². The lowest BCUT2D eigenvalue weighted by molar-refractivity contribution is -0.310. The quantitative estimate of drug-likeness (QED) is 0.727. The maximum atomic E-state index is 13.4. The molecule has 126 valence electrons. The third kappa shape index (κ3) is 2.94. The third-order valence-electron chi connectivity index (χ3n) is 4.25. The summed E-state index contributed by atoms with van der Waals surface area (Å²) in [7, 11) is 0. The van der Waals surface area contributed by atoms with Crippen LogP contribution in [0.5, 0.6) is 0 Å². The lowest BCUT2D eigenvalue weighted by Crippen LogP contribution is -2.67. The van der Waals surface area contributed by atoms with Crippen molar-refractivity contribution in [2.75, 3.05) is 0 Å². The maximum absolute atomic E-state index is 13.4. The molecule has 0 spiro atoms. The normalized spacial score (nSPS) is 11.4. The summed E-state index contributed by atoms with van der Waals surface area (Å²) in [5, 5.41) is 0. The van der Waals surface area contributed by atoms with E-state index in [2.05, 4.69) is 5.73 Å².